The molecule has 7 heteroatoms. The smallest absolute Gasteiger partial charge is 0.339 e. The lowest BCUT2D eigenvalue weighted by Crippen LogP contribution is -2.08. The summed E-state index contributed by atoms with van der Waals surface area (Å²) in [5.41, 5.74) is 0.974. The summed E-state index contributed by atoms with van der Waals surface area (Å²) in [5.74, 6) is -0.637. The number of aromatic carboxylic acids is 1. The summed E-state index contributed by atoms with van der Waals surface area (Å²) in [4.78, 5) is 23.5. The van der Waals surface area contributed by atoms with Crippen LogP contribution < -0.4 is 0 Å². The van der Waals surface area contributed by atoms with Gasteiger partial charge in [-0.05, 0) is 18.1 Å². The maximum absolute atomic E-state index is 11.1. The molecule has 2 heterocycles. The summed E-state index contributed by atoms with van der Waals surface area (Å²) in [6.45, 7) is 3.75. The zero-order valence-electron chi connectivity index (χ0n) is 11.4. The minimum Gasteiger partial charge on any atom is -0.478 e. The van der Waals surface area contributed by atoms with Gasteiger partial charge in [-0.3, -0.25) is 0 Å². The summed E-state index contributed by atoms with van der Waals surface area (Å²) < 4.78 is 0. The van der Waals surface area contributed by atoms with Crippen molar-refractivity contribution in [2.24, 2.45) is 0 Å². The second-order valence-electron chi connectivity index (χ2n) is 4.50. The third-order valence-corrected chi connectivity index (χ3v) is 3.44. The molecule has 0 aliphatic heterocycles. The number of nitriles is 1. The first-order chi connectivity index (χ1) is 10.0. The van der Waals surface area contributed by atoms with Crippen molar-refractivity contribution >= 4 is 29.5 Å². The maximum atomic E-state index is 11.1. The fourth-order valence-corrected chi connectivity index (χ4v) is 2.29. The number of hydrogen-bond acceptors (Lipinski definition) is 6. The highest BCUT2D eigenvalue weighted by Gasteiger charge is 2.15. The maximum Gasteiger partial charge on any atom is 0.339 e. The van der Waals surface area contributed by atoms with Crippen molar-refractivity contribution in [2.75, 3.05) is 0 Å². The summed E-state index contributed by atoms with van der Waals surface area (Å²) in [6, 6.07) is 1.96. The van der Waals surface area contributed by atoms with Crippen LogP contribution in [0.1, 0.15) is 52.3 Å². The molecule has 0 bridgehead atoms. The molecule has 0 aliphatic rings. The monoisotopic (exact) mass is 300 g/mol. The number of rotatable bonds is 4. The topological polar surface area (TPSA) is 99.8 Å². The highest BCUT2D eigenvalue weighted by molar-refractivity contribution is 7.10. The predicted octanol–water partition coefficient (Wildman–Crippen LogP) is 2.80. The van der Waals surface area contributed by atoms with Gasteiger partial charge < -0.3 is 5.11 Å². The summed E-state index contributed by atoms with van der Waals surface area (Å²) in [5, 5.41) is 20.1. The van der Waals surface area contributed by atoms with E-state index in [0.29, 0.717) is 22.2 Å². The highest BCUT2D eigenvalue weighted by atomic mass is 32.1. The Kier molecular flexibility index (Phi) is 4.40. The van der Waals surface area contributed by atoms with Crippen molar-refractivity contribution in [1.82, 2.24) is 15.0 Å². The van der Waals surface area contributed by atoms with Gasteiger partial charge in [-0.15, -0.1) is 11.3 Å². The number of carboxylic acid groups (broad SMARTS) is 1. The Bertz CT molecular complexity index is 744. The SMILES string of the molecule is CC(C)c1nc(C=Cc2nc(C#N)cs2)ncc1C(=O)O. The molecule has 2 aromatic rings. The second-order valence-corrected chi connectivity index (χ2v) is 5.39. The molecule has 0 atom stereocenters. The van der Waals surface area contributed by atoms with E-state index in [9.17, 15) is 4.79 Å². The summed E-state index contributed by atoms with van der Waals surface area (Å²) >= 11 is 1.34. The van der Waals surface area contributed by atoms with Crippen LogP contribution in [0.5, 0.6) is 0 Å². The molecule has 0 spiro atoms. The van der Waals surface area contributed by atoms with E-state index in [-0.39, 0.29) is 11.5 Å². The van der Waals surface area contributed by atoms with Crippen LogP contribution in [0.4, 0.5) is 0 Å². The Labute approximate surface area is 125 Å². The van der Waals surface area contributed by atoms with Crippen molar-refractivity contribution in [2.45, 2.75) is 19.8 Å². The van der Waals surface area contributed by atoms with Crippen LogP contribution in [0.15, 0.2) is 11.6 Å². The molecule has 0 saturated carbocycles. The number of aromatic nitrogens is 3. The van der Waals surface area contributed by atoms with E-state index < -0.39 is 5.97 Å². The van der Waals surface area contributed by atoms with Crippen molar-refractivity contribution in [3.63, 3.8) is 0 Å². The molecule has 21 heavy (non-hydrogen) atoms. The zero-order valence-corrected chi connectivity index (χ0v) is 12.3. The van der Waals surface area contributed by atoms with E-state index >= 15 is 0 Å². The zero-order chi connectivity index (χ0) is 15.4. The van der Waals surface area contributed by atoms with Gasteiger partial charge >= 0.3 is 5.97 Å². The van der Waals surface area contributed by atoms with Gasteiger partial charge in [-0.1, -0.05) is 13.8 Å². The van der Waals surface area contributed by atoms with Crippen molar-refractivity contribution in [1.29, 1.82) is 5.26 Å². The number of hydrogen-bond donors (Lipinski definition) is 1. The van der Waals surface area contributed by atoms with E-state index in [2.05, 4.69) is 15.0 Å². The number of carbonyl (C=O) groups is 1. The molecule has 0 amide bonds. The molecule has 2 rings (SSSR count). The molecule has 6 nitrogen and oxygen atoms in total. The van der Waals surface area contributed by atoms with Crippen LogP contribution in [0.25, 0.3) is 12.2 Å². The first-order valence-corrected chi connectivity index (χ1v) is 7.03. The van der Waals surface area contributed by atoms with Gasteiger partial charge in [0.05, 0.1) is 11.3 Å². The molecular weight excluding hydrogens is 288 g/mol. The van der Waals surface area contributed by atoms with Crippen LogP contribution in [0, 0.1) is 11.3 Å². The number of nitrogens with zero attached hydrogens (tertiary/aromatic N) is 4. The predicted molar refractivity (Wildman–Crippen MR) is 78.8 cm³/mol. The fraction of sp³-hybridized carbons (Fsp3) is 0.214. The Hall–Kier alpha value is -2.59. The second kappa shape index (κ2) is 6.24. The van der Waals surface area contributed by atoms with E-state index in [0.717, 1.165) is 0 Å². The van der Waals surface area contributed by atoms with Crippen LogP contribution in [-0.4, -0.2) is 26.0 Å². The quantitative estimate of drug-likeness (QED) is 0.931. The minimum atomic E-state index is -1.03. The van der Waals surface area contributed by atoms with Gasteiger partial charge in [0.2, 0.25) is 0 Å². The number of thiazole rings is 1. The van der Waals surface area contributed by atoms with Crippen LogP contribution >= 0.6 is 11.3 Å². The Morgan fingerprint density at radius 2 is 2.19 bits per heavy atom. The molecule has 2 aromatic heterocycles. The van der Waals surface area contributed by atoms with Crippen molar-refractivity contribution < 1.29 is 9.90 Å². The van der Waals surface area contributed by atoms with E-state index in [1.54, 1.807) is 17.5 Å². The fourth-order valence-electron chi connectivity index (χ4n) is 1.66. The van der Waals surface area contributed by atoms with Gasteiger partial charge in [0.15, 0.2) is 11.5 Å². The van der Waals surface area contributed by atoms with Gasteiger partial charge in [0, 0.05) is 11.6 Å². The van der Waals surface area contributed by atoms with E-state index in [4.69, 9.17) is 10.4 Å². The van der Waals surface area contributed by atoms with Crippen LogP contribution in [0.3, 0.4) is 0 Å². The molecule has 0 aromatic carbocycles. The average Bonchev–Trinajstić information content (AvgIpc) is 2.92. The van der Waals surface area contributed by atoms with Gasteiger partial charge in [-0.2, -0.15) is 5.26 Å². The average molecular weight is 300 g/mol. The van der Waals surface area contributed by atoms with Crippen LogP contribution in [0.2, 0.25) is 0 Å². The number of carboxylic acids is 1. The Morgan fingerprint density at radius 3 is 2.76 bits per heavy atom. The third-order valence-electron chi connectivity index (χ3n) is 2.63. The van der Waals surface area contributed by atoms with Gasteiger partial charge in [-0.25, -0.2) is 19.7 Å². The molecule has 0 aliphatic carbocycles. The van der Waals surface area contributed by atoms with Gasteiger partial charge in [0.1, 0.15) is 11.1 Å². The Morgan fingerprint density at radius 1 is 1.43 bits per heavy atom. The van der Waals surface area contributed by atoms with Crippen molar-refractivity contribution in [3.05, 3.63) is 39.4 Å². The van der Waals surface area contributed by atoms with Crippen LogP contribution in [-0.2, 0) is 0 Å². The summed E-state index contributed by atoms with van der Waals surface area (Å²) in [6.07, 6.45) is 4.66. The molecule has 1 N–H and O–H groups in total. The lowest BCUT2D eigenvalue weighted by atomic mass is 10.1. The molecule has 0 saturated heterocycles. The molecule has 0 fully saturated rings. The highest BCUT2D eigenvalue weighted by Crippen LogP contribution is 2.18. The van der Waals surface area contributed by atoms with Gasteiger partial charge in [0.25, 0.3) is 0 Å². The first kappa shape index (κ1) is 14.8. The lowest BCUT2D eigenvalue weighted by Gasteiger charge is -2.08. The molecule has 0 unspecified atom stereocenters. The molecule has 0 radical (unpaired) electrons. The normalized spacial score (nSPS) is 11.0. The van der Waals surface area contributed by atoms with E-state index in [1.807, 2.05) is 19.9 Å². The minimum absolute atomic E-state index is 0.0173. The van der Waals surface area contributed by atoms with E-state index in [1.165, 1.54) is 17.5 Å². The molecule has 106 valence electrons. The Balaban J connectivity index is 2.30. The lowest BCUT2D eigenvalue weighted by molar-refractivity contribution is 0.0694. The standard InChI is InChI=1S/C14H12N4O2S/c1-8(2)13-10(14(19)20)6-16-11(18-13)3-4-12-17-9(5-15)7-21-12/h3-4,6-8H,1-2H3,(H,19,20). The first-order valence-electron chi connectivity index (χ1n) is 6.15. The molecular formula is C14H12N4O2S. The largest absolute Gasteiger partial charge is 0.478 e. The summed E-state index contributed by atoms with van der Waals surface area (Å²) in [7, 11) is 0. The third kappa shape index (κ3) is 3.49. The van der Waals surface area contributed by atoms with Crippen molar-refractivity contribution in [3.8, 4) is 6.07 Å².